The highest BCUT2D eigenvalue weighted by molar-refractivity contribution is 6.62. The molecule has 3 aromatic carbocycles. The Labute approximate surface area is 633 Å². The molecule has 23 nitrogen and oxygen atoms in total. The zero-order chi connectivity index (χ0) is 77.4. The number of H-pyrrole nitrogens is 1. The van der Waals surface area contributed by atoms with Crippen molar-refractivity contribution in [1.82, 2.24) is 29.9 Å². The Balaban J connectivity index is 0.000000138. The second kappa shape index (κ2) is 29.0. The van der Waals surface area contributed by atoms with Gasteiger partial charge in [-0.2, -0.15) is 0 Å². The van der Waals surface area contributed by atoms with Crippen LogP contribution in [0.4, 0.5) is 43.8 Å². The molecule has 0 bridgehead atoms. The first-order valence-corrected chi connectivity index (χ1v) is 34.6. The number of nitrogens with one attached hydrogen (secondary N) is 4. The van der Waals surface area contributed by atoms with Gasteiger partial charge in [-0.1, -0.05) is 35.9 Å². The molecule has 32 heteroatoms. The van der Waals surface area contributed by atoms with Crippen LogP contribution in [0.5, 0.6) is 46.3 Å². The fourth-order valence-corrected chi connectivity index (χ4v) is 13.0. The number of pyridine rings is 6. The number of hydrogen-bond donors (Lipinski definition) is 4. The van der Waals surface area contributed by atoms with E-state index in [0.717, 1.165) is 44.4 Å². The van der Waals surface area contributed by atoms with Gasteiger partial charge in [-0.25, -0.2) is 24.9 Å². The monoisotopic (exact) mass is 1540 g/mol. The number of benzene rings is 3. The number of anilines is 3. The van der Waals surface area contributed by atoms with E-state index in [0.29, 0.717) is 101 Å². The van der Waals surface area contributed by atoms with Crippen LogP contribution in [0, 0.1) is 41.5 Å². The van der Waals surface area contributed by atoms with Crippen LogP contribution < -0.4 is 64.9 Å². The first kappa shape index (κ1) is 77.9. The van der Waals surface area contributed by atoms with Crippen molar-refractivity contribution in [2.24, 2.45) is 0 Å². The maximum absolute atomic E-state index is 13.4. The van der Waals surface area contributed by atoms with E-state index in [-0.39, 0.29) is 93.7 Å². The highest BCUT2D eigenvalue weighted by Gasteiger charge is 2.57. The second-order valence-electron chi connectivity index (χ2n) is 28.4. The summed E-state index contributed by atoms with van der Waals surface area (Å²) in [6.07, 6.45) is -2.54. The maximum Gasteiger partial charge on any atom is 0.586 e. The minimum absolute atomic E-state index is 0. The van der Waals surface area contributed by atoms with Crippen LogP contribution >= 0.6 is 24.0 Å². The predicted molar refractivity (Wildman–Crippen MR) is 392 cm³/mol. The molecule has 6 aromatic heterocycles. The highest BCUT2D eigenvalue weighted by Crippen LogP contribution is 2.55. The molecule has 4 fully saturated rings. The summed E-state index contributed by atoms with van der Waals surface area (Å²) in [5.74, 6) is 1.14. The van der Waals surface area contributed by atoms with Crippen LogP contribution in [-0.4, -0.2) is 99.0 Å². The smallest absolute Gasteiger partial charge is 0.481 e. The minimum Gasteiger partial charge on any atom is -0.481 e. The maximum atomic E-state index is 13.4. The Morgan fingerprint density at radius 1 is 0.468 bits per heavy atom. The quantitative estimate of drug-likeness (QED) is 0.0447. The van der Waals surface area contributed by atoms with E-state index in [2.05, 4.69) is 74.3 Å². The molecule has 4 aliphatic heterocycles. The number of alkyl halides is 6. The Kier molecular flexibility index (Phi) is 20.8. The van der Waals surface area contributed by atoms with Crippen LogP contribution in [0.3, 0.4) is 0 Å². The van der Waals surface area contributed by atoms with E-state index in [1.807, 2.05) is 86.6 Å². The number of amides is 3. The van der Waals surface area contributed by atoms with Gasteiger partial charge in [0.25, 0.3) is 5.56 Å². The van der Waals surface area contributed by atoms with Gasteiger partial charge in [0.05, 0.1) is 53.1 Å². The zero-order valence-electron chi connectivity index (χ0n) is 60.9. The third-order valence-corrected chi connectivity index (χ3v) is 19.9. The molecular formula is C77H74BCl2F6N9O14. The number of hydrogen-bond acceptors (Lipinski definition) is 19. The standard InChI is InChI=1S/C24H21F2N3O4.C23H19F2N3O4.C17H13ClF2N2O3.C13H20BNO3.ClH/c1-13-8-17(15-10-14(2)21(31-3)27-12-15)28-20(9-13)29-22(30)23(6-7-23)16-4-5-18-19(11-16)33-24(25,26)32-18;1-12-7-16(14-9-13(2)20(29)26-11-14)27-19(8-12)28-21(30)22(5-6-22)15-3-4-17-18(10-15)32-23(24,25)31-17;1-9-6-13(18)21-14(7-9)22-15(23)16(4-5-16)10-2-3-11-12(8-10)25-17(19,20)24-11;1-9-7-10(8-15-11(9)16-6)14-17-12(2,3)13(4,5)18-14;/h4-5,8-12H,6-7H2,1-3H3,(H,28,29,30);3-4,7-11H,5-6H2,1-2H3,(H,26,29)(H,27,28,30);2-3,6-8H,4-5H2,1H3,(H,21,22,23);7-8H,1-6H3;1H. The number of fused-ring (bicyclic) bond motifs is 3. The van der Waals surface area contributed by atoms with Gasteiger partial charge in [0.1, 0.15) is 22.6 Å². The molecule has 3 amide bonds. The third kappa shape index (κ3) is 16.5. The number of carbonyl (C=O) groups is 3. The molecule has 109 heavy (non-hydrogen) atoms. The molecule has 3 aliphatic carbocycles. The molecule has 9 aromatic rings. The summed E-state index contributed by atoms with van der Waals surface area (Å²) < 4.78 is 129. The molecule has 0 unspecified atom stereocenters. The summed E-state index contributed by atoms with van der Waals surface area (Å²) in [7, 11) is 2.81. The molecule has 570 valence electrons. The molecule has 1 saturated heterocycles. The summed E-state index contributed by atoms with van der Waals surface area (Å²) in [4.78, 5) is 75.2. The second-order valence-corrected chi connectivity index (χ2v) is 28.8. The average molecular weight is 1550 g/mol. The van der Waals surface area contributed by atoms with E-state index in [4.69, 9.17) is 30.4 Å². The van der Waals surface area contributed by atoms with Crippen LogP contribution in [-0.2, 0) is 39.9 Å². The van der Waals surface area contributed by atoms with Crippen molar-refractivity contribution in [3.05, 3.63) is 193 Å². The van der Waals surface area contributed by atoms with Crippen molar-refractivity contribution in [3.63, 3.8) is 0 Å². The summed E-state index contributed by atoms with van der Waals surface area (Å²) in [5, 5.41) is 8.80. The summed E-state index contributed by atoms with van der Waals surface area (Å²) >= 11 is 5.91. The lowest BCUT2D eigenvalue weighted by Gasteiger charge is -2.32. The van der Waals surface area contributed by atoms with E-state index in [1.54, 1.807) is 88.3 Å². The number of methoxy groups -OCH3 is 2. The lowest BCUT2D eigenvalue weighted by atomic mass is 9.80. The van der Waals surface area contributed by atoms with E-state index in [9.17, 15) is 45.5 Å². The van der Waals surface area contributed by atoms with Crippen molar-refractivity contribution in [3.8, 4) is 68.8 Å². The summed E-state index contributed by atoms with van der Waals surface area (Å²) in [6, 6.07) is 29.6. The van der Waals surface area contributed by atoms with Crippen molar-refractivity contribution in [1.29, 1.82) is 0 Å². The fourth-order valence-electron chi connectivity index (χ4n) is 12.8. The Morgan fingerprint density at radius 2 is 0.826 bits per heavy atom. The van der Waals surface area contributed by atoms with E-state index < -0.39 is 35.1 Å². The van der Waals surface area contributed by atoms with Crippen molar-refractivity contribution in [2.75, 3.05) is 30.2 Å². The van der Waals surface area contributed by atoms with Gasteiger partial charge in [0, 0.05) is 51.9 Å². The molecule has 10 heterocycles. The average Bonchev–Trinajstić information content (AvgIpc) is 1.59. The minimum atomic E-state index is -3.71. The number of carbonyl (C=O) groups excluding carboxylic acids is 3. The Hall–Kier alpha value is -10.7. The van der Waals surface area contributed by atoms with Gasteiger partial charge >= 0.3 is 26.0 Å². The first-order valence-electron chi connectivity index (χ1n) is 34.2. The van der Waals surface area contributed by atoms with Gasteiger partial charge < -0.3 is 68.1 Å². The fraction of sp³-hybridized carbons (Fsp3) is 0.338. The zero-order valence-corrected chi connectivity index (χ0v) is 62.5. The lowest BCUT2D eigenvalue weighted by Crippen LogP contribution is -2.41. The van der Waals surface area contributed by atoms with Gasteiger partial charge in [-0.3, -0.25) is 19.2 Å². The van der Waals surface area contributed by atoms with E-state index >= 15 is 0 Å². The van der Waals surface area contributed by atoms with Crippen LogP contribution in [0.2, 0.25) is 5.15 Å². The predicted octanol–water partition coefficient (Wildman–Crippen LogP) is 15.0. The number of nitrogens with zero attached hydrogens (tertiary/aromatic N) is 5. The van der Waals surface area contributed by atoms with Crippen LogP contribution in [0.1, 0.15) is 116 Å². The molecule has 7 aliphatic rings. The SMILES string of the molecule is COc1ncc(-c2cc(C)cc(NC(=O)C3(c4ccc5c(c4)OC(F)(F)O5)CC3)n2)cc1C.COc1ncc(B2OC(C)(C)C(C)(C)O2)cc1C.Cc1cc(Cl)nc(NC(=O)C2(c3ccc4c(c3)OC(F)(F)O4)CC2)c1.Cc1cc(NC(=O)C2(c3ccc4c(c3)OC(F)(F)O4)CC2)nc(-c2c[nH]c(=O)c(C)c2)c1.Cl. The molecule has 0 atom stereocenters. The number of halogens is 8. The molecule has 3 saturated carbocycles. The molecule has 0 radical (unpaired) electrons. The molecular weight excluding hydrogens is 1470 g/mol. The number of aromatic nitrogens is 6. The summed E-state index contributed by atoms with van der Waals surface area (Å²) in [6.45, 7) is 19.3. The lowest BCUT2D eigenvalue weighted by molar-refractivity contribution is -0.287. The third-order valence-electron chi connectivity index (χ3n) is 19.7. The summed E-state index contributed by atoms with van der Waals surface area (Å²) in [5.41, 5.74) is 7.29. The topological polar surface area (TPSA) is 277 Å². The van der Waals surface area contributed by atoms with Crippen LogP contribution in [0.15, 0.2) is 133 Å². The van der Waals surface area contributed by atoms with Gasteiger partial charge in [-0.05, 0) is 226 Å². The van der Waals surface area contributed by atoms with Crippen molar-refractivity contribution < 1.29 is 87.9 Å². The Bertz CT molecular complexity index is 5120. The van der Waals surface area contributed by atoms with E-state index in [1.165, 1.54) is 36.4 Å². The van der Waals surface area contributed by atoms with Gasteiger partial charge in [0.15, 0.2) is 34.5 Å². The number of aromatic amines is 1. The van der Waals surface area contributed by atoms with Gasteiger partial charge in [-0.15, -0.1) is 38.7 Å². The van der Waals surface area contributed by atoms with Crippen LogP contribution in [0.25, 0.3) is 22.5 Å². The van der Waals surface area contributed by atoms with Gasteiger partial charge in [0.2, 0.25) is 29.5 Å². The molecule has 4 N–H and O–H groups in total. The molecule has 0 spiro atoms. The normalized spacial score (nSPS) is 17.9. The number of ether oxygens (including phenoxy) is 8. The largest absolute Gasteiger partial charge is 0.586 e. The number of rotatable bonds is 14. The highest BCUT2D eigenvalue weighted by atomic mass is 35.5. The number of aryl methyl sites for hydroxylation is 6. The molecule has 16 rings (SSSR count). The first-order chi connectivity index (χ1) is 50.9. The van der Waals surface area contributed by atoms with Crippen molar-refractivity contribution >= 4 is 71.8 Å². The van der Waals surface area contributed by atoms with Crippen molar-refractivity contribution in [2.45, 2.75) is 154 Å². The Morgan fingerprint density at radius 3 is 1.19 bits per heavy atom.